The van der Waals surface area contributed by atoms with Gasteiger partial charge in [0.2, 0.25) is 0 Å². The van der Waals surface area contributed by atoms with E-state index in [0.29, 0.717) is 17.3 Å². The summed E-state index contributed by atoms with van der Waals surface area (Å²) < 4.78 is 5.45. The molecule has 0 spiro atoms. The number of hydrogen-bond acceptors (Lipinski definition) is 4. The maximum atomic E-state index is 11.7. The first-order valence-corrected chi connectivity index (χ1v) is 7.61. The van der Waals surface area contributed by atoms with Crippen LogP contribution in [0.3, 0.4) is 0 Å². The lowest BCUT2D eigenvalue weighted by Crippen LogP contribution is -2.46. The minimum Gasteiger partial charge on any atom is -0.484 e. The molecule has 1 fully saturated rings. The Balaban J connectivity index is 1.63. The standard InChI is InChI=1S/C15H22ClN3O2/c1-12-10-13(2-3-14(12)16)21-11-15(20)18-6-9-19-7-4-17-5-8-19/h2-3,10,17H,4-9,11H2,1H3,(H,18,20). The molecule has 1 amide bonds. The molecule has 0 atom stereocenters. The molecule has 0 radical (unpaired) electrons. The Kier molecular flexibility index (Phi) is 6.29. The lowest BCUT2D eigenvalue weighted by molar-refractivity contribution is -0.123. The van der Waals surface area contributed by atoms with Gasteiger partial charge in [0.25, 0.3) is 5.91 Å². The fourth-order valence-corrected chi connectivity index (χ4v) is 2.31. The molecule has 6 heteroatoms. The minimum atomic E-state index is -0.0993. The molecule has 1 heterocycles. The molecule has 1 saturated heterocycles. The van der Waals surface area contributed by atoms with E-state index in [2.05, 4.69) is 15.5 Å². The maximum absolute atomic E-state index is 11.7. The summed E-state index contributed by atoms with van der Waals surface area (Å²) >= 11 is 5.94. The number of carbonyl (C=O) groups excluding carboxylic acids is 1. The second-order valence-electron chi connectivity index (χ2n) is 5.14. The minimum absolute atomic E-state index is 0.0304. The number of hydrogen-bond donors (Lipinski definition) is 2. The summed E-state index contributed by atoms with van der Waals surface area (Å²) in [6, 6.07) is 5.37. The molecular formula is C15H22ClN3O2. The number of piperazine rings is 1. The summed E-state index contributed by atoms with van der Waals surface area (Å²) in [5.41, 5.74) is 0.938. The second kappa shape index (κ2) is 8.22. The molecule has 0 aliphatic carbocycles. The van der Waals surface area contributed by atoms with Crippen molar-refractivity contribution in [2.45, 2.75) is 6.92 Å². The highest BCUT2D eigenvalue weighted by Gasteiger charge is 2.09. The molecular weight excluding hydrogens is 290 g/mol. The van der Waals surface area contributed by atoms with Crippen molar-refractivity contribution in [1.29, 1.82) is 0 Å². The predicted octanol–water partition coefficient (Wildman–Crippen LogP) is 1.05. The van der Waals surface area contributed by atoms with Crippen LogP contribution in [-0.2, 0) is 4.79 Å². The van der Waals surface area contributed by atoms with Gasteiger partial charge in [-0.3, -0.25) is 9.69 Å². The quantitative estimate of drug-likeness (QED) is 0.824. The van der Waals surface area contributed by atoms with Gasteiger partial charge in [0.1, 0.15) is 5.75 Å². The van der Waals surface area contributed by atoms with Crippen molar-refractivity contribution in [2.75, 3.05) is 45.9 Å². The van der Waals surface area contributed by atoms with Crippen molar-refractivity contribution >= 4 is 17.5 Å². The molecule has 21 heavy (non-hydrogen) atoms. The smallest absolute Gasteiger partial charge is 0.257 e. The van der Waals surface area contributed by atoms with Crippen LogP contribution >= 0.6 is 11.6 Å². The number of aryl methyl sites for hydroxylation is 1. The fourth-order valence-electron chi connectivity index (χ4n) is 2.20. The lowest BCUT2D eigenvalue weighted by atomic mass is 10.2. The van der Waals surface area contributed by atoms with Gasteiger partial charge in [-0.1, -0.05) is 11.6 Å². The Bertz CT molecular complexity index is 476. The molecule has 116 valence electrons. The van der Waals surface area contributed by atoms with E-state index in [1.165, 1.54) is 0 Å². The number of benzene rings is 1. The molecule has 0 saturated carbocycles. The zero-order chi connectivity index (χ0) is 15.1. The second-order valence-corrected chi connectivity index (χ2v) is 5.55. The van der Waals surface area contributed by atoms with E-state index in [0.717, 1.165) is 38.3 Å². The van der Waals surface area contributed by atoms with E-state index < -0.39 is 0 Å². The van der Waals surface area contributed by atoms with Gasteiger partial charge in [-0.25, -0.2) is 0 Å². The van der Waals surface area contributed by atoms with Gasteiger partial charge in [-0.15, -0.1) is 0 Å². The summed E-state index contributed by atoms with van der Waals surface area (Å²) in [5.74, 6) is 0.562. The van der Waals surface area contributed by atoms with Gasteiger partial charge in [0.15, 0.2) is 6.61 Å². The van der Waals surface area contributed by atoms with Gasteiger partial charge in [-0.2, -0.15) is 0 Å². The van der Waals surface area contributed by atoms with Crippen molar-refractivity contribution in [3.8, 4) is 5.75 Å². The lowest BCUT2D eigenvalue weighted by Gasteiger charge is -2.27. The fraction of sp³-hybridized carbons (Fsp3) is 0.533. The van der Waals surface area contributed by atoms with Crippen LogP contribution in [0.4, 0.5) is 0 Å². The summed E-state index contributed by atoms with van der Waals surface area (Å²) in [6.07, 6.45) is 0. The Morgan fingerprint density at radius 2 is 2.19 bits per heavy atom. The summed E-state index contributed by atoms with van der Waals surface area (Å²) in [4.78, 5) is 14.1. The van der Waals surface area contributed by atoms with Crippen LogP contribution < -0.4 is 15.4 Å². The number of ether oxygens (including phenoxy) is 1. The number of carbonyl (C=O) groups is 1. The van der Waals surface area contributed by atoms with Crippen LogP contribution in [0.5, 0.6) is 5.75 Å². The van der Waals surface area contributed by atoms with Gasteiger partial charge in [0, 0.05) is 44.3 Å². The largest absolute Gasteiger partial charge is 0.484 e. The Morgan fingerprint density at radius 1 is 1.43 bits per heavy atom. The molecule has 1 aliphatic heterocycles. The van der Waals surface area contributed by atoms with E-state index in [1.807, 2.05) is 13.0 Å². The van der Waals surface area contributed by atoms with Crippen LogP contribution in [0.15, 0.2) is 18.2 Å². The number of rotatable bonds is 6. The van der Waals surface area contributed by atoms with Crippen molar-refractivity contribution in [1.82, 2.24) is 15.5 Å². The van der Waals surface area contributed by atoms with Crippen molar-refractivity contribution < 1.29 is 9.53 Å². The highest BCUT2D eigenvalue weighted by molar-refractivity contribution is 6.31. The van der Waals surface area contributed by atoms with Crippen LogP contribution in [0.25, 0.3) is 0 Å². The Morgan fingerprint density at radius 3 is 2.90 bits per heavy atom. The Labute approximate surface area is 130 Å². The first-order chi connectivity index (χ1) is 10.1. The van der Waals surface area contributed by atoms with Crippen LogP contribution in [0.2, 0.25) is 5.02 Å². The normalized spacial score (nSPS) is 15.7. The van der Waals surface area contributed by atoms with Crippen molar-refractivity contribution in [2.24, 2.45) is 0 Å². The first-order valence-electron chi connectivity index (χ1n) is 7.24. The average molecular weight is 312 g/mol. The molecule has 5 nitrogen and oxygen atoms in total. The molecule has 2 N–H and O–H groups in total. The van der Waals surface area contributed by atoms with Crippen LogP contribution in [-0.4, -0.2) is 56.7 Å². The zero-order valence-electron chi connectivity index (χ0n) is 12.3. The third kappa shape index (κ3) is 5.53. The van der Waals surface area contributed by atoms with E-state index in [-0.39, 0.29) is 12.5 Å². The number of nitrogens with zero attached hydrogens (tertiary/aromatic N) is 1. The van der Waals surface area contributed by atoms with E-state index >= 15 is 0 Å². The average Bonchev–Trinajstić information content (AvgIpc) is 2.49. The Hall–Kier alpha value is -1.30. The van der Waals surface area contributed by atoms with Crippen LogP contribution in [0, 0.1) is 6.92 Å². The monoisotopic (exact) mass is 311 g/mol. The van der Waals surface area contributed by atoms with Gasteiger partial charge in [0.05, 0.1) is 0 Å². The summed E-state index contributed by atoms with van der Waals surface area (Å²) in [7, 11) is 0. The zero-order valence-corrected chi connectivity index (χ0v) is 13.1. The van der Waals surface area contributed by atoms with E-state index in [4.69, 9.17) is 16.3 Å². The number of amides is 1. The molecule has 0 aromatic heterocycles. The van der Waals surface area contributed by atoms with Gasteiger partial charge >= 0.3 is 0 Å². The predicted molar refractivity (Wildman–Crippen MR) is 84.0 cm³/mol. The van der Waals surface area contributed by atoms with Crippen molar-refractivity contribution in [3.05, 3.63) is 28.8 Å². The first kappa shape index (κ1) is 16.1. The molecule has 0 unspecified atom stereocenters. The molecule has 1 aliphatic rings. The highest BCUT2D eigenvalue weighted by atomic mass is 35.5. The molecule has 1 aromatic carbocycles. The van der Waals surface area contributed by atoms with E-state index in [9.17, 15) is 4.79 Å². The van der Waals surface area contributed by atoms with E-state index in [1.54, 1.807) is 12.1 Å². The number of nitrogens with one attached hydrogen (secondary N) is 2. The summed E-state index contributed by atoms with van der Waals surface area (Å²) in [5, 5.41) is 6.87. The SMILES string of the molecule is Cc1cc(OCC(=O)NCCN2CCNCC2)ccc1Cl. The van der Waals surface area contributed by atoms with Crippen LogP contribution in [0.1, 0.15) is 5.56 Å². The highest BCUT2D eigenvalue weighted by Crippen LogP contribution is 2.20. The maximum Gasteiger partial charge on any atom is 0.257 e. The topological polar surface area (TPSA) is 53.6 Å². The molecule has 1 aromatic rings. The third-order valence-electron chi connectivity index (χ3n) is 3.46. The molecule has 0 bridgehead atoms. The van der Waals surface area contributed by atoms with Gasteiger partial charge < -0.3 is 15.4 Å². The third-order valence-corrected chi connectivity index (χ3v) is 3.88. The molecule has 2 rings (SSSR count). The summed E-state index contributed by atoms with van der Waals surface area (Å²) in [6.45, 7) is 7.59. The van der Waals surface area contributed by atoms with Crippen molar-refractivity contribution in [3.63, 3.8) is 0 Å². The number of halogens is 1. The van der Waals surface area contributed by atoms with Gasteiger partial charge in [-0.05, 0) is 30.7 Å².